The van der Waals surface area contributed by atoms with Gasteiger partial charge in [0.25, 0.3) is 0 Å². The normalized spacial score (nSPS) is 11.9. The molecule has 0 aliphatic carbocycles. The summed E-state index contributed by atoms with van der Waals surface area (Å²) in [7, 11) is 1.63. The number of methoxy groups -OCH3 is 1. The van der Waals surface area contributed by atoms with Crippen LogP contribution in [0.15, 0.2) is 54.6 Å². The van der Waals surface area contributed by atoms with Crippen molar-refractivity contribution in [3.8, 4) is 5.75 Å². The highest BCUT2D eigenvalue weighted by Crippen LogP contribution is 2.26. The van der Waals surface area contributed by atoms with Gasteiger partial charge in [-0.25, -0.2) is 0 Å². The summed E-state index contributed by atoms with van der Waals surface area (Å²) >= 11 is 0. The molecule has 0 aliphatic heterocycles. The van der Waals surface area contributed by atoms with Gasteiger partial charge in [0.2, 0.25) is 0 Å². The highest BCUT2D eigenvalue weighted by atomic mass is 16.5. The van der Waals surface area contributed by atoms with Crippen LogP contribution in [0.4, 0.5) is 0 Å². The van der Waals surface area contributed by atoms with Gasteiger partial charge in [0.15, 0.2) is 0 Å². The van der Waals surface area contributed by atoms with E-state index in [4.69, 9.17) is 4.74 Å². The largest absolute Gasteiger partial charge is 0.497 e. The number of carbonyl (C=O) groups is 1. The molecule has 0 saturated heterocycles. The Morgan fingerprint density at radius 1 is 0.944 bits per heavy atom. The van der Waals surface area contributed by atoms with Gasteiger partial charge in [-0.3, -0.25) is 4.79 Å². The lowest BCUT2D eigenvalue weighted by molar-refractivity contribution is -0.117. The summed E-state index contributed by atoms with van der Waals surface area (Å²) in [6.07, 6.45) is 0. The maximum atomic E-state index is 11.9. The number of hydrogen-bond acceptors (Lipinski definition) is 2. The fourth-order valence-electron chi connectivity index (χ4n) is 2.10. The van der Waals surface area contributed by atoms with Gasteiger partial charge in [-0.05, 0) is 30.2 Å². The van der Waals surface area contributed by atoms with E-state index in [1.54, 1.807) is 14.0 Å². The van der Waals surface area contributed by atoms with Crippen LogP contribution < -0.4 is 4.74 Å². The molecule has 0 saturated carbocycles. The molecule has 0 aromatic heterocycles. The fraction of sp³-hybridized carbons (Fsp3) is 0.188. The summed E-state index contributed by atoms with van der Waals surface area (Å²) in [5.74, 6) is 0.748. The first-order chi connectivity index (χ1) is 8.72. The third kappa shape index (κ3) is 2.59. The minimum Gasteiger partial charge on any atom is -0.497 e. The topological polar surface area (TPSA) is 26.3 Å². The Morgan fingerprint density at radius 3 is 2.00 bits per heavy atom. The second kappa shape index (κ2) is 5.50. The van der Waals surface area contributed by atoms with Crippen LogP contribution in [0.2, 0.25) is 0 Å². The standard InChI is InChI=1S/C16H16O2/c1-12(17)16(13-6-4-3-5-7-13)14-8-10-15(18-2)11-9-14/h3-11,16H,1-2H3/t16-/m1/s1. The summed E-state index contributed by atoms with van der Waals surface area (Å²) in [4.78, 5) is 11.9. The Morgan fingerprint density at radius 2 is 1.50 bits per heavy atom. The van der Waals surface area contributed by atoms with Crippen LogP contribution in [0.5, 0.6) is 5.75 Å². The molecule has 92 valence electrons. The molecule has 2 rings (SSSR count). The smallest absolute Gasteiger partial charge is 0.141 e. The predicted octanol–water partition coefficient (Wildman–Crippen LogP) is 3.42. The molecular weight excluding hydrogens is 224 g/mol. The molecule has 2 heteroatoms. The van der Waals surface area contributed by atoms with Gasteiger partial charge in [-0.1, -0.05) is 42.5 Å². The molecule has 0 radical (unpaired) electrons. The van der Waals surface area contributed by atoms with Crippen molar-refractivity contribution in [2.45, 2.75) is 12.8 Å². The number of hydrogen-bond donors (Lipinski definition) is 0. The van der Waals surface area contributed by atoms with Crippen molar-refractivity contribution in [1.82, 2.24) is 0 Å². The van der Waals surface area contributed by atoms with E-state index in [-0.39, 0.29) is 11.7 Å². The van der Waals surface area contributed by atoms with E-state index in [1.165, 1.54) is 0 Å². The summed E-state index contributed by atoms with van der Waals surface area (Å²) in [5.41, 5.74) is 2.02. The highest BCUT2D eigenvalue weighted by Gasteiger charge is 2.18. The van der Waals surface area contributed by atoms with Gasteiger partial charge < -0.3 is 4.74 Å². The quantitative estimate of drug-likeness (QED) is 0.818. The number of benzene rings is 2. The Kier molecular flexibility index (Phi) is 3.78. The van der Waals surface area contributed by atoms with Gasteiger partial charge in [-0.2, -0.15) is 0 Å². The third-order valence-corrected chi connectivity index (χ3v) is 2.99. The van der Waals surface area contributed by atoms with Gasteiger partial charge in [0.1, 0.15) is 11.5 Å². The van der Waals surface area contributed by atoms with Gasteiger partial charge in [-0.15, -0.1) is 0 Å². The van der Waals surface area contributed by atoms with Crippen molar-refractivity contribution in [2.75, 3.05) is 7.11 Å². The molecule has 0 aliphatic rings. The zero-order valence-electron chi connectivity index (χ0n) is 10.6. The van der Waals surface area contributed by atoms with Crippen molar-refractivity contribution >= 4 is 5.78 Å². The average Bonchev–Trinajstić information content (AvgIpc) is 2.40. The second-order valence-electron chi connectivity index (χ2n) is 4.23. The van der Waals surface area contributed by atoms with Crippen LogP contribution in [0.3, 0.4) is 0 Å². The molecule has 0 spiro atoms. The molecule has 0 heterocycles. The lowest BCUT2D eigenvalue weighted by atomic mass is 9.88. The molecule has 2 nitrogen and oxygen atoms in total. The van der Waals surface area contributed by atoms with Gasteiger partial charge >= 0.3 is 0 Å². The molecular formula is C16H16O2. The Balaban J connectivity index is 2.39. The lowest BCUT2D eigenvalue weighted by Gasteiger charge is -2.15. The summed E-state index contributed by atoms with van der Waals surface area (Å²) < 4.78 is 5.13. The lowest BCUT2D eigenvalue weighted by Crippen LogP contribution is -2.10. The van der Waals surface area contributed by atoms with Crippen LogP contribution >= 0.6 is 0 Å². The fourth-order valence-corrected chi connectivity index (χ4v) is 2.10. The SMILES string of the molecule is COc1ccc([C@H](C(C)=O)c2ccccc2)cc1. The van der Waals surface area contributed by atoms with Crippen molar-refractivity contribution in [2.24, 2.45) is 0 Å². The average molecular weight is 240 g/mol. The Bertz CT molecular complexity index is 515. The van der Waals surface area contributed by atoms with Crippen LogP contribution in [0.25, 0.3) is 0 Å². The molecule has 0 amide bonds. The van der Waals surface area contributed by atoms with Crippen molar-refractivity contribution in [3.05, 3.63) is 65.7 Å². The maximum Gasteiger partial charge on any atom is 0.141 e. The first kappa shape index (κ1) is 12.4. The summed E-state index contributed by atoms with van der Waals surface area (Å²) in [6, 6.07) is 17.5. The van der Waals surface area contributed by atoms with Crippen LogP contribution in [0, 0.1) is 0 Å². The minimum atomic E-state index is -0.197. The number of ketones is 1. The maximum absolute atomic E-state index is 11.9. The highest BCUT2D eigenvalue weighted by molar-refractivity contribution is 5.86. The first-order valence-electron chi connectivity index (χ1n) is 5.91. The summed E-state index contributed by atoms with van der Waals surface area (Å²) in [5, 5.41) is 0. The van der Waals surface area contributed by atoms with E-state index in [1.807, 2.05) is 54.6 Å². The molecule has 1 atom stereocenters. The monoisotopic (exact) mass is 240 g/mol. The molecule has 0 bridgehead atoms. The summed E-state index contributed by atoms with van der Waals surface area (Å²) in [6.45, 7) is 1.63. The van der Waals surface area contributed by atoms with Crippen molar-refractivity contribution < 1.29 is 9.53 Å². The third-order valence-electron chi connectivity index (χ3n) is 2.99. The number of carbonyl (C=O) groups excluding carboxylic acids is 1. The minimum absolute atomic E-state index is 0.145. The van der Waals surface area contributed by atoms with Crippen LogP contribution in [-0.4, -0.2) is 12.9 Å². The van der Waals surface area contributed by atoms with E-state index < -0.39 is 0 Å². The number of ether oxygens (including phenoxy) is 1. The number of Topliss-reactive ketones (excluding diaryl/α,β-unsaturated/α-hetero) is 1. The second-order valence-corrected chi connectivity index (χ2v) is 4.23. The Labute approximate surface area is 107 Å². The zero-order valence-corrected chi connectivity index (χ0v) is 10.6. The van der Waals surface area contributed by atoms with Gasteiger partial charge in [0.05, 0.1) is 13.0 Å². The van der Waals surface area contributed by atoms with Crippen LogP contribution in [0.1, 0.15) is 24.0 Å². The molecule has 2 aromatic carbocycles. The molecule has 0 fully saturated rings. The van der Waals surface area contributed by atoms with E-state index in [9.17, 15) is 4.79 Å². The van der Waals surface area contributed by atoms with Crippen molar-refractivity contribution in [3.63, 3.8) is 0 Å². The molecule has 2 aromatic rings. The first-order valence-corrected chi connectivity index (χ1v) is 5.91. The number of rotatable bonds is 4. The molecule has 18 heavy (non-hydrogen) atoms. The van der Waals surface area contributed by atoms with Crippen molar-refractivity contribution in [1.29, 1.82) is 0 Å². The van der Waals surface area contributed by atoms with Gasteiger partial charge in [0, 0.05) is 0 Å². The van der Waals surface area contributed by atoms with E-state index >= 15 is 0 Å². The van der Waals surface area contributed by atoms with E-state index in [2.05, 4.69) is 0 Å². The van der Waals surface area contributed by atoms with Crippen LogP contribution in [-0.2, 0) is 4.79 Å². The van der Waals surface area contributed by atoms with E-state index in [0.29, 0.717) is 0 Å². The zero-order chi connectivity index (χ0) is 13.0. The molecule has 0 unspecified atom stereocenters. The predicted molar refractivity (Wildman–Crippen MR) is 72.0 cm³/mol. The molecule has 0 N–H and O–H groups in total. The Hall–Kier alpha value is -2.09. The van der Waals surface area contributed by atoms with E-state index in [0.717, 1.165) is 16.9 Å².